The molecule has 1 fully saturated rings. The van der Waals surface area contributed by atoms with Crippen LogP contribution in [0.25, 0.3) is 33.3 Å². The van der Waals surface area contributed by atoms with Crippen LogP contribution in [-0.2, 0) is 6.54 Å². The average molecular weight is 488 g/mol. The number of fused-ring (bicyclic) bond motifs is 1. The Labute approximate surface area is 219 Å². The van der Waals surface area contributed by atoms with Crippen LogP contribution in [0.4, 0.5) is 0 Å². The smallest absolute Gasteiger partial charge is 0.127 e. The van der Waals surface area contributed by atoms with Gasteiger partial charge in [-0.3, -0.25) is 4.90 Å². The summed E-state index contributed by atoms with van der Waals surface area (Å²) in [6.45, 7) is 7.32. The fraction of sp³-hybridized carbons (Fsp3) is 0.242. The molecule has 0 spiro atoms. The molecule has 4 nitrogen and oxygen atoms in total. The third-order valence-electron chi connectivity index (χ3n) is 7.41. The van der Waals surface area contributed by atoms with E-state index in [1.165, 1.54) is 10.9 Å². The molecule has 0 saturated carbocycles. The molecule has 37 heavy (non-hydrogen) atoms. The Balaban J connectivity index is 1.22. The van der Waals surface area contributed by atoms with Crippen LogP contribution >= 0.6 is 0 Å². The van der Waals surface area contributed by atoms with Gasteiger partial charge in [0.1, 0.15) is 11.9 Å². The number of nitrogens with zero attached hydrogens (tertiary/aromatic N) is 2. The summed E-state index contributed by atoms with van der Waals surface area (Å²) in [6, 6.07) is 32.0. The minimum Gasteiger partial charge on any atom is -0.490 e. The van der Waals surface area contributed by atoms with Gasteiger partial charge in [-0.05, 0) is 68.0 Å². The number of aryl methyl sites for hydroxylation is 2. The van der Waals surface area contributed by atoms with Gasteiger partial charge in [-0.15, -0.1) is 0 Å². The molecule has 1 saturated heterocycles. The van der Waals surface area contributed by atoms with Gasteiger partial charge in [-0.25, -0.2) is 4.98 Å². The van der Waals surface area contributed by atoms with Gasteiger partial charge in [-0.1, -0.05) is 60.7 Å². The van der Waals surface area contributed by atoms with Gasteiger partial charge in [0.05, 0.1) is 11.4 Å². The lowest BCUT2D eigenvalue weighted by Crippen LogP contribution is -2.37. The Hall–Kier alpha value is -3.89. The van der Waals surface area contributed by atoms with Gasteiger partial charge in [-0.2, -0.15) is 0 Å². The van der Waals surface area contributed by atoms with Crippen molar-refractivity contribution in [3.8, 4) is 28.3 Å². The number of pyridine rings is 1. The SMILES string of the molecule is Cc1cc(-c2cccc(-c3ccc(OC4CCN(Cc5ccccc5)CC4)c4ccccc34)n2)c(C)[nH]1. The van der Waals surface area contributed by atoms with Crippen LogP contribution < -0.4 is 4.74 Å². The van der Waals surface area contributed by atoms with Gasteiger partial charge in [0.2, 0.25) is 0 Å². The molecule has 0 aliphatic carbocycles. The maximum absolute atomic E-state index is 6.62. The number of likely N-dealkylation sites (tertiary alicyclic amines) is 1. The second-order valence-corrected chi connectivity index (χ2v) is 10.1. The first-order chi connectivity index (χ1) is 18.1. The van der Waals surface area contributed by atoms with Gasteiger partial charge < -0.3 is 9.72 Å². The molecule has 1 aliphatic heterocycles. The Morgan fingerprint density at radius 2 is 1.49 bits per heavy atom. The highest BCUT2D eigenvalue weighted by molar-refractivity contribution is 5.99. The van der Waals surface area contributed by atoms with Crippen molar-refractivity contribution < 1.29 is 4.74 Å². The van der Waals surface area contributed by atoms with Gasteiger partial charge in [0.25, 0.3) is 0 Å². The van der Waals surface area contributed by atoms with E-state index in [9.17, 15) is 0 Å². The highest BCUT2D eigenvalue weighted by atomic mass is 16.5. The fourth-order valence-corrected chi connectivity index (χ4v) is 5.53. The minimum atomic E-state index is 0.238. The van der Waals surface area contributed by atoms with E-state index in [1.54, 1.807) is 0 Å². The van der Waals surface area contributed by atoms with Crippen LogP contribution in [0.1, 0.15) is 29.8 Å². The first kappa shape index (κ1) is 23.5. The summed E-state index contributed by atoms with van der Waals surface area (Å²) in [5.74, 6) is 0.967. The molecule has 1 aliphatic rings. The van der Waals surface area contributed by atoms with Crippen molar-refractivity contribution in [1.29, 1.82) is 0 Å². The number of ether oxygens (including phenoxy) is 1. The highest BCUT2D eigenvalue weighted by Crippen LogP contribution is 2.36. The molecule has 0 amide bonds. The zero-order chi connectivity index (χ0) is 25.2. The van der Waals surface area contributed by atoms with Crippen molar-refractivity contribution in [3.63, 3.8) is 0 Å². The second-order valence-electron chi connectivity index (χ2n) is 10.1. The molecule has 5 aromatic rings. The zero-order valence-electron chi connectivity index (χ0n) is 21.6. The van der Waals surface area contributed by atoms with Crippen molar-refractivity contribution in [2.45, 2.75) is 39.3 Å². The molecule has 6 rings (SSSR count). The molecule has 0 radical (unpaired) electrons. The quantitative estimate of drug-likeness (QED) is 0.269. The summed E-state index contributed by atoms with van der Waals surface area (Å²) in [6.07, 6.45) is 2.33. The summed E-state index contributed by atoms with van der Waals surface area (Å²) < 4.78 is 6.62. The third kappa shape index (κ3) is 5.03. The molecule has 1 N–H and O–H groups in total. The standard InChI is InChI=1S/C33H33N3O/c1-23-21-30(24(2)34-23)32-14-8-13-31(35-32)28-15-16-33(29-12-7-6-11-27(28)29)37-26-17-19-36(20-18-26)22-25-9-4-3-5-10-25/h3-16,21,26,34H,17-20,22H2,1-2H3. The van der Waals surface area contributed by atoms with E-state index in [0.29, 0.717) is 0 Å². The Morgan fingerprint density at radius 1 is 0.784 bits per heavy atom. The van der Waals surface area contributed by atoms with Crippen molar-refractivity contribution in [2.24, 2.45) is 0 Å². The molecular formula is C33H33N3O. The van der Waals surface area contributed by atoms with E-state index < -0.39 is 0 Å². The van der Waals surface area contributed by atoms with E-state index in [-0.39, 0.29) is 6.10 Å². The Bertz CT molecular complexity index is 1510. The normalized spacial score (nSPS) is 14.8. The molecule has 4 heteroatoms. The molecule has 2 aromatic heterocycles. The molecule has 3 heterocycles. The van der Waals surface area contributed by atoms with Gasteiger partial charge in [0, 0.05) is 47.5 Å². The Kier molecular flexibility index (Phi) is 6.50. The largest absolute Gasteiger partial charge is 0.490 e. The molecule has 3 aromatic carbocycles. The van der Waals surface area contributed by atoms with E-state index in [1.807, 2.05) is 0 Å². The van der Waals surface area contributed by atoms with Crippen molar-refractivity contribution in [1.82, 2.24) is 14.9 Å². The summed E-state index contributed by atoms with van der Waals surface area (Å²) in [4.78, 5) is 11.0. The molecular weight excluding hydrogens is 454 g/mol. The van der Waals surface area contributed by atoms with Crippen molar-refractivity contribution in [2.75, 3.05) is 13.1 Å². The maximum Gasteiger partial charge on any atom is 0.127 e. The van der Waals surface area contributed by atoms with Crippen LogP contribution in [0.5, 0.6) is 5.75 Å². The molecule has 0 bridgehead atoms. The lowest BCUT2D eigenvalue weighted by Gasteiger charge is -2.32. The topological polar surface area (TPSA) is 41.1 Å². The van der Waals surface area contributed by atoms with Crippen molar-refractivity contribution in [3.05, 3.63) is 108 Å². The fourth-order valence-electron chi connectivity index (χ4n) is 5.53. The predicted octanol–water partition coefficient (Wildman–Crippen LogP) is 7.56. The molecule has 186 valence electrons. The van der Waals surface area contributed by atoms with Crippen LogP contribution in [0.15, 0.2) is 91.0 Å². The zero-order valence-corrected chi connectivity index (χ0v) is 21.6. The van der Waals surface area contributed by atoms with Gasteiger partial charge >= 0.3 is 0 Å². The van der Waals surface area contributed by atoms with E-state index in [0.717, 1.165) is 77.5 Å². The molecule has 0 atom stereocenters. The number of nitrogens with one attached hydrogen (secondary N) is 1. The number of rotatable bonds is 6. The van der Waals surface area contributed by atoms with E-state index >= 15 is 0 Å². The number of hydrogen-bond donors (Lipinski definition) is 1. The van der Waals surface area contributed by atoms with Crippen LogP contribution in [0, 0.1) is 13.8 Å². The maximum atomic E-state index is 6.62. The number of aromatic nitrogens is 2. The number of H-pyrrole nitrogens is 1. The molecule has 0 unspecified atom stereocenters. The van der Waals surface area contributed by atoms with Crippen LogP contribution in [0.3, 0.4) is 0 Å². The van der Waals surface area contributed by atoms with Crippen LogP contribution in [0.2, 0.25) is 0 Å². The highest BCUT2D eigenvalue weighted by Gasteiger charge is 2.22. The number of aromatic amines is 1. The summed E-state index contributed by atoms with van der Waals surface area (Å²) in [5.41, 5.74) is 7.93. The third-order valence-corrected chi connectivity index (χ3v) is 7.41. The lowest BCUT2D eigenvalue weighted by molar-refractivity contribution is 0.0980. The first-order valence-corrected chi connectivity index (χ1v) is 13.2. The number of benzene rings is 3. The summed E-state index contributed by atoms with van der Waals surface area (Å²) in [5, 5.41) is 2.32. The van der Waals surface area contributed by atoms with E-state index in [4.69, 9.17) is 9.72 Å². The predicted molar refractivity (Wildman–Crippen MR) is 152 cm³/mol. The van der Waals surface area contributed by atoms with Crippen LogP contribution in [-0.4, -0.2) is 34.1 Å². The van der Waals surface area contributed by atoms with E-state index in [2.05, 4.69) is 115 Å². The Morgan fingerprint density at radius 3 is 2.22 bits per heavy atom. The van der Waals surface area contributed by atoms with Crippen molar-refractivity contribution >= 4 is 10.8 Å². The lowest BCUT2D eigenvalue weighted by atomic mass is 10.00. The van der Waals surface area contributed by atoms with Gasteiger partial charge in [0.15, 0.2) is 0 Å². The minimum absolute atomic E-state index is 0.238. The first-order valence-electron chi connectivity index (χ1n) is 13.2. The number of hydrogen-bond acceptors (Lipinski definition) is 3. The second kappa shape index (κ2) is 10.2. The summed E-state index contributed by atoms with van der Waals surface area (Å²) >= 11 is 0. The monoisotopic (exact) mass is 487 g/mol. The number of piperidine rings is 1. The summed E-state index contributed by atoms with van der Waals surface area (Å²) in [7, 11) is 0. The average Bonchev–Trinajstić information content (AvgIpc) is 3.28.